The van der Waals surface area contributed by atoms with Crippen LogP contribution in [0.4, 0.5) is 5.69 Å². The Morgan fingerprint density at radius 1 is 1.27 bits per heavy atom. The van der Waals surface area contributed by atoms with Crippen LogP contribution in [-0.4, -0.2) is 25.0 Å². The van der Waals surface area contributed by atoms with Gasteiger partial charge in [0.25, 0.3) is 5.91 Å². The lowest BCUT2D eigenvalue weighted by Crippen LogP contribution is -2.43. The molecular weight excluding hydrogens is 280 g/mol. The van der Waals surface area contributed by atoms with Crippen molar-refractivity contribution in [3.63, 3.8) is 0 Å². The van der Waals surface area contributed by atoms with Gasteiger partial charge in [-0.15, -0.1) is 0 Å². The fourth-order valence-electron chi connectivity index (χ4n) is 3.05. The lowest BCUT2D eigenvalue weighted by Gasteiger charge is -2.26. The second-order valence-corrected chi connectivity index (χ2v) is 5.88. The second-order valence-electron chi connectivity index (χ2n) is 5.88. The number of para-hydroxylation sites is 1. The van der Waals surface area contributed by atoms with Crippen molar-refractivity contribution in [3.05, 3.63) is 29.8 Å². The van der Waals surface area contributed by atoms with Crippen LogP contribution in [0.3, 0.4) is 0 Å². The van der Waals surface area contributed by atoms with Gasteiger partial charge in [0.1, 0.15) is 6.04 Å². The molecule has 1 amide bonds. The Morgan fingerprint density at radius 3 is 2.59 bits per heavy atom. The molecule has 3 N–H and O–H groups in total. The number of nitrogens with one attached hydrogen (secondary N) is 1. The fraction of sp³-hybridized carbons (Fsp3) is 0.529. The van der Waals surface area contributed by atoms with Crippen molar-refractivity contribution >= 4 is 17.6 Å². The molecule has 22 heavy (non-hydrogen) atoms. The normalized spacial score (nSPS) is 16.8. The number of carbonyl (C=O) groups excluding carboxylic acids is 2. The summed E-state index contributed by atoms with van der Waals surface area (Å²) in [6.45, 7) is 0. The lowest BCUT2D eigenvalue weighted by molar-refractivity contribution is -0.143. The molecule has 1 aliphatic carbocycles. The first-order chi connectivity index (χ1) is 10.6. The minimum Gasteiger partial charge on any atom is -0.467 e. The van der Waals surface area contributed by atoms with Crippen molar-refractivity contribution < 1.29 is 14.3 Å². The molecule has 1 aliphatic rings. The van der Waals surface area contributed by atoms with Gasteiger partial charge in [0, 0.05) is 5.69 Å². The molecule has 0 spiro atoms. The summed E-state index contributed by atoms with van der Waals surface area (Å²) in [4.78, 5) is 24.3. The van der Waals surface area contributed by atoms with E-state index in [1.165, 1.54) is 26.4 Å². The summed E-state index contributed by atoms with van der Waals surface area (Å²) >= 11 is 0. The Morgan fingerprint density at radius 2 is 1.95 bits per heavy atom. The number of amides is 1. The van der Waals surface area contributed by atoms with Gasteiger partial charge in [-0.1, -0.05) is 44.2 Å². The number of rotatable bonds is 5. The van der Waals surface area contributed by atoms with Crippen LogP contribution in [0, 0.1) is 5.92 Å². The van der Waals surface area contributed by atoms with Crippen LogP contribution in [-0.2, 0) is 9.53 Å². The smallest absolute Gasteiger partial charge is 0.328 e. The minimum atomic E-state index is -0.611. The van der Waals surface area contributed by atoms with Gasteiger partial charge in [0.15, 0.2) is 0 Å². The summed E-state index contributed by atoms with van der Waals surface area (Å²) in [5.41, 5.74) is 6.61. The first-order valence-corrected chi connectivity index (χ1v) is 7.85. The van der Waals surface area contributed by atoms with Crippen molar-refractivity contribution in [3.8, 4) is 0 Å². The van der Waals surface area contributed by atoms with E-state index in [2.05, 4.69) is 5.32 Å². The first-order valence-electron chi connectivity index (χ1n) is 7.85. The predicted octanol–water partition coefficient (Wildman–Crippen LogP) is 2.51. The molecule has 0 aliphatic heterocycles. The van der Waals surface area contributed by atoms with Crippen molar-refractivity contribution in [2.45, 2.75) is 44.6 Å². The van der Waals surface area contributed by atoms with E-state index in [9.17, 15) is 9.59 Å². The number of nitrogens with two attached hydrogens (primary N) is 1. The molecular formula is C17H24N2O3. The molecule has 1 unspecified atom stereocenters. The van der Waals surface area contributed by atoms with Crippen molar-refractivity contribution in [2.24, 2.45) is 5.92 Å². The van der Waals surface area contributed by atoms with Crippen LogP contribution in [0.25, 0.3) is 0 Å². The van der Waals surface area contributed by atoms with Crippen LogP contribution in [0.5, 0.6) is 0 Å². The van der Waals surface area contributed by atoms with Crippen molar-refractivity contribution in [1.29, 1.82) is 0 Å². The van der Waals surface area contributed by atoms with Crippen molar-refractivity contribution in [2.75, 3.05) is 12.8 Å². The van der Waals surface area contributed by atoms with E-state index in [4.69, 9.17) is 10.5 Å². The summed E-state index contributed by atoms with van der Waals surface area (Å²) in [6, 6.07) is 6.23. The number of hydrogen-bond acceptors (Lipinski definition) is 4. The number of benzene rings is 1. The molecule has 0 heterocycles. The van der Waals surface area contributed by atoms with Gasteiger partial charge in [-0.3, -0.25) is 4.79 Å². The highest BCUT2D eigenvalue weighted by Gasteiger charge is 2.27. The third-order valence-electron chi connectivity index (χ3n) is 4.29. The highest BCUT2D eigenvalue weighted by atomic mass is 16.5. The van der Waals surface area contributed by atoms with Crippen LogP contribution in [0.1, 0.15) is 48.9 Å². The third-order valence-corrected chi connectivity index (χ3v) is 4.29. The number of methoxy groups -OCH3 is 1. The number of hydrogen-bond donors (Lipinski definition) is 2. The molecule has 120 valence electrons. The highest BCUT2D eigenvalue weighted by molar-refractivity contribution is 6.00. The van der Waals surface area contributed by atoms with E-state index in [0.29, 0.717) is 23.6 Å². The summed E-state index contributed by atoms with van der Waals surface area (Å²) < 4.78 is 4.84. The van der Waals surface area contributed by atoms with Crippen LogP contribution in [0.15, 0.2) is 24.3 Å². The third kappa shape index (κ3) is 4.23. The molecule has 2 rings (SSSR count). The molecule has 0 saturated heterocycles. The summed E-state index contributed by atoms with van der Waals surface area (Å²) in [5, 5.41) is 2.78. The van der Waals surface area contributed by atoms with Gasteiger partial charge in [0.05, 0.1) is 12.7 Å². The maximum atomic E-state index is 12.3. The summed E-state index contributed by atoms with van der Waals surface area (Å²) in [7, 11) is 1.35. The lowest BCUT2D eigenvalue weighted by atomic mass is 9.84. The Labute approximate surface area is 131 Å². The van der Waals surface area contributed by atoms with E-state index in [1.54, 1.807) is 24.3 Å². The molecule has 5 heteroatoms. The second kappa shape index (κ2) is 7.82. The highest BCUT2D eigenvalue weighted by Crippen LogP contribution is 2.27. The zero-order valence-corrected chi connectivity index (χ0v) is 13.0. The molecule has 0 radical (unpaired) electrons. The molecule has 5 nitrogen and oxygen atoms in total. The van der Waals surface area contributed by atoms with E-state index in [0.717, 1.165) is 12.8 Å². The monoisotopic (exact) mass is 304 g/mol. The Kier molecular flexibility index (Phi) is 5.81. The molecule has 1 aromatic rings. The Hall–Kier alpha value is -2.04. The topological polar surface area (TPSA) is 81.4 Å². The van der Waals surface area contributed by atoms with Gasteiger partial charge in [-0.25, -0.2) is 4.79 Å². The first kappa shape index (κ1) is 16.3. The number of carbonyl (C=O) groups is 2. The molecule has 1 aromatic carbocycles. The maximum Gasteiger partial charge on any atom is 0.328 e. The zero-order chi connectivity index (χ0) is 15.9. The van der Waals surface area contributed by atoms with E-state index in [-0.39, 0.29) is 5.91 Å². The van der Waals surface area contributed by atoms with E-state index >= 15 is 0 Å². The van der Waals surface area contributed by atoms with Gasteiger partial charge in [0.2, 0.25) is 0 Å². The Balaban J connectivity index is 2.04. The van der Waals surface area contributed by atoms with Crippen LogP contribution >= 0.6 is 0 Å². The summed E-state index contributed by atoms with van der Waals surface area (Å²) in [6.07, 6.45) is 6.49. The molecule has 1 fully saturated rings. The van der Waals surface area contributed by atoms with Gasteiger partial charge in [-0.05, 0) is 24.5 Å². The standard InChI is InChI=1S/C17H24N2O3/c1-22-17(21)15(11-12-7-3-2-4-8-12)19-16(20)13-9-5-6-10-14(13)18/h5-6,9-10,12,15H,2-4,7-8,11,18H2,1H3,(H,19,20). The number of nitrogen functional groups attached to an aromatic ring is 1. The molecule has 0 aromatic heterocycles. The van der Waals surface area contributed by atoms with Gasteiger partial charge in [-0.2, -0.15) is 0 Å². The van der Waals surface area contributed by atoms with Crippen LogP contribution < -0.4 is 11.1 Å². The number of anilines is 1. The predicted molar refractivity (Wildman–Crippen MR) is 85.3 cm³/mol. The molecule has 1 atom stereocenters. The van der Waals surface area contributed by atoms with Gasteiger partial charge < -0.3 is 15.8 Å². The average Bonchev–Trinajstić information content (AvgIpc) is 2.54. The van der Waals surface area contributed by atoms with Gasteiger partial charge >= 0.3 is 5.97 Å². The number of esters is 1. The van der Waals surface area contributed by atoms with E-state index in [1.807, 2.05) is 0 Å². The quantitative estimate of drug-likeness (QED) is 0.647. The largest absolute Gasteiger partial charge is 0.467 e. The van der Waals surface area contributed by atoms with E-state index < -0.39 is 12.0 Å². The number of ether oxygens (including phenoxy) is 1. The molecule has 0 bridgehead atoms. The average molecular weight is 304 g/mol. The fourth-order valence-corrected chi connectivity index (χ4v) is 3.05. The summed E-state index contributed by atoms with van der Waals surface area (Å²) in [5.74, 6) is -0.260. The maximum absolute atomic E-state index is 12.3. The van der Waals surface area contributed by atoms with Crippen molar-refractivity contribution in [1.82, 2.24) is 5.32 Å². The SMILES string of the molecule is COC(=O)C(CC1CCCCC1)NC(=O)c1ccccc1N. The van der Waals surface area contributed by atoms with Crippen LogP contribution in [0.2, 0.25) is 0 Å². The minimum absolute atomic E-state index is 0.329. The molecule has 1 saturated carbocycles. The Bertz CT molecular complexity index is 524. The zero-order valence-electron chi connectivity index (χ0n) is 13.0.